The van der Waals surface area contributed by atoms with Crippen LogP contribution in [0.3, 0.4) is 0 Å². The highest BCUT2D eigenvalue weighted by Crippen LogP contribution is 2.27. The summed E-state index contributed by atoms with van der Waals surface area (Å²) in [6.07, 6.45) is 1.54. The van der Waals surface area contributed by atoms with Crippen LogP contribution in [-0.4, -0.2) is 50.1 Å². The Hall–Kier alpha value is -4.30. The molecule has 4 rings (SSSR count). The van der Waals surface area contributed by atoms with E-state index in [0.717, 1.165) is 23.1 Å². The van der Waals surface area contributed by atoms with Crippen molar-refractivity contribution in [2.24, 2.45) is 0 Å². The zero-order valence-corrected chi connectivity index (χ0v) is 21.9. The number of halogens is 1. The minimum Gasteiger partial charge on any atom is -0.490 e. The van der Waals surface area contributed by atoms with Gasteiger partial charge in [-0.1, -0.05) is 29.2 Å². The topological polar surface area (TPSA) is 140 Å². The van der Waals surface area contributed by atoms with Crippen molar-refractivity contribution in [2.45, 2.75) is 18.2 Å². The summed E-state index contributed by atoms with van der Waals surface area (Å²) >= 11 is 2.26. The molecule has 0 aliphatic heterocycles. The summed E-state index contributed by atoms with van der Waals surface area (Å²) in [5.74, 6) is -1.11. The molecule has 0 radical (unpaired) electrons. The highest BCUT2D eigenvalue weighted by molar-refractivity contribution is 8.01. The maximum Gasteiger partial charge on any atom is 0.281 e. The van der Waals surface area contributed by atoms with Gasteiger partial charge in [0.2, 0.25) is 16.9 Å². The molecule has 0 aliphatic carbocycles. The van der Waals surface area contributed by atoms with Crippen LogP contribution in [0.4, 0.5) is 20.9 Å². The van der Waals surface area contributed by atoms with Crippen molar-refractivity contribution in [1.29, 1.82) is 0 Å². The number of carbonyl (C=O) groups excluding carboxylic acids is 3. The summed E-state index contributed by atoms with van der Waals surface area (Å²) in [5, 5.41) is 20.5. The lowest BCUT2D eigenvalue weighted by Crippen LogP contribution is -2.14. The third-order valence-corrected chi connectivity index (χ3v) is 6.68. The molecule has 0 saturated heterocycles. The molecule has 0 fully saturated rings. The predicted octanol–water partition coefficient (Wildman–Crippen LogP) is 4.20. The smallest absolute Gasteiger partial charge is 0.281 e. The van der Waals surface area contributed by atoms with Crippen molar-refractivity contribution in [1.82, 2.24) is 20.0 Å². The molecule has 2 aromatic heterocycles. The summed E-state index contributed by atoms with van der Waals surface area (Å²) < 4.78 is 20.7. The molecule has 4 aromatic rings. The van der Waals surface area contributed by atoms with Crippen LogP contribution >= 0.6 is 23.1 Å². The SMILES string of the molecule is CCOc1cn(-c2ccc(F)cc2)nc1C(=O)Nc1nnc(SCC(=O)Nc2cccc(NC(C)=O)c2)s1. The van der Waals surface area contributed by atoms with E-state index >= 15 is 0 Å². The number of nitrogens with zero attached hydrogens (tertiary/aromatic N) is 4. The van der Waals surface area contributed by atoms with Crippen molar-refractivity contribution in [2.75, 3.05) is 28.3 Å². The normalized spacial score (nSPS) is 10.6. The van der Waals surface area contributed by atoms with Gasteiger partial charge in [-0.05, 0) is 49.4 Å². The molecule has 2 heterocycles. The zero-order chi connectivity index (χ0) is 27.1. The lowest BCUT2D eigenvalue weighted by Gasteiger charge is -2.07. The van der Waals surface area contributed by atoms with Gasteiger partial charge in [0.05, 0.1) is 24.2 Å². The molecule has 0 bridgehead atoms. The number of ether oxygens (including phenoxy) is 1. The Morgan fingerprint density at radius 2 is 1.79 bits per heavy atom. The molecular weight excluding hydrogens is 533 g/mol. The van der Waals surface area contributed by atoms with Gasteiger partial charge in [0.15, 0.2) is 15.8 Å². The average Bonchev–Trinajstić information content (AvgIpc) is 3.50. The first-order chi connectivity index (χ1) is 18.3. The van der Waals surface area contributed by atoms with E-state index in [1.54, 1.807) is 31.2 Å². The highest BCUT2D eigenvalue weighted by atomic mass is 32.2. The van der Waals surface area contributed by atoms with Crippen LogP contribution in [0.2, 0.25) is 0 Å². The molecule has 0 aliphatic rings. The first-order valence-corrected chi connectivity index (χ1v) is 13.0. The van der Waals surface area contributed by atoms with E-state index in [-0.39, 0.29) is 40.0 Å². The highest BCUT2D eigenvalue weighted by Gasteiger charge is 2.21. The Balaban J connectivity index is 1.35. The van der Waals surface area contributed by atoms with Crippen LogP contribution in [0.25, 0.3) is 5.69 Å². The van der Waals surface area contributed by atoms with Crippen molar-refractivity contribution in [3.63, 3.8) is 0 Å². The van der Waals surface area contributed by atoms with Crippen molar-refractivity contribution >= 4 is 57.3 Å². The molecule has 3 amide bonds. The van der Waals surface area contributed by atoms with E-state index in [2.05, 4.69) is 31.2 Å². The van der Waals surface area contributed by atoms with E-state index in [1.807, 2.05) is 0 Å². The van der Waals surface area contributed by atoms with Gasteiger partial charge in [-0.2, -0.15) is 5.10 Å². The molecule has 0 atom stereocenters. The standard InChI is InChI=1S/C24H22FN7O4S2/c1-3-36-19-12-32(18-9-7-15(25)8-10-18)31-21(19)22(35)28-23-29-30-24(38-23)37-13-20(34)27-17-6-4-5-16(11-17)26-14(2)33/h4-12H,3,13H2,1-2H3,(H,26,33)(H,27,34)(H,28,29,35). The van der Waals surface area contributed by atoms with Gasteiger partial charge in [-0.25, -0.2) is 9.07 Å². The average molecular weight is 556 g/mol. The van der Waals surface area contributed by atoms with Gasteiger partial charge >= 0.3 is 0 Å². The van der Waals surface area contributed by atoms with Gasteiger partial charge in [-0.15, -0.1) is 10.2 Å². The summed E-state index contributed by atoms with van der Waals surface area (Å²) in [6, 6.07) is 12.4. The lowest BCUT2D eigenvalue weighted by atomic mass is 10.2. The second-order valence-electron chi connectivity index (χ2n) is 7.62. The summed E-state index contributed by atoms with van der Waals surface area (Å²) in [7, 11) is 0. The van der Waals surface area contributed by atoms with E-state index in [9.17, 15) is 18.8 Å². The van der Waals surface area contributed by atoms with Crippen molar-refractivity contribution in [3.8, 4) is 11.4 Å². The Kier molecular flexibility index (Phi) is 8.66. The van der Waals surface area contributed by atoms with E-state index in [0.29, 0.717) is 28.0 Å². The molecule has 2 aromatic carbocycles. The van der Waals surface area contributed by atoms with Crippen LogP contribution < -0.4 is 20.7 Å². The Bertz CT molecular complexity index is 1460. The van der Waals surface area contributed by atoms with Crippen LogP contribution in [0.15, 0.2) is 59.1 Å². The number of thioether (sulfide) groups is 1. The van der Waals surface area contributed by atoms with E-state index in [1.165, 1.54) is 42.1 Å². The number of anilines is 3. The van der Waals surface area contributed by atoms with Gasteiger partial charge in [-0.3, -0.25) is 19.7 Å². The lowest BCUT2D eigenvalue weighted by molar-refractivity contribution is -0.114. The number of benzene rings is 2. The molecule has 14 heteroatoms. The maximum atomic E-state index is 13.3. The first-order valence-electron chi connectivity index (χ1n) is 11.2. The fourth-order valence-electron chi connectivity index (χ4n) is 3.18. The van der Waals surface area contributed by atoms with Gasteiger partial charge in [0.25, 0.3) is 5.91 Å². The third kappa shape index (κ3) is 7.14. The number of carbonyl (C=O) groups is 3. The molecule has 3 N–H and O–H groups in total. The monoisotopic (exact) mass is 555 g/mol. The molecule has 0 saturated carbocycles. The summed E-state index contributed by atoms with van der Waals surface area (Å²) in [5.41, 5.74) is 1.70. The number of aromatic nitrogens is 4. The van der Waals surface area contributed by atoms with Gasteiger partial charge < -0.3 is 15.4 Å². The van der Waals surface area contributed by atoms with Gasteiger partial charge in [0.1, 0.15) is 5.82 Å². The zero-order valence-electron chi connectivity index (χ0n) is 20.2. The fraction of sp³-hybridized carbons (Fsp3) is 0.167. The van der Waals surface area contributed by atoms with Crippen LogP contribution in [0.1, 0.15) is 24.3 Å². The Morgan fingerprint density at radius 1 is 1.05 bits per heavy atom. The molecule has 11 nitrogen and oxygen atoms in total. The van der Waals surface area contributed by atoms with Crippen molar-refractivity contribution in [3.05, 3.63) is 66.2 Å². The quantitative estimate of drug-likeness (QED) is 0.195. The van der Waals surface area contributed by atoms with Crippen molar-refractivity contribution < 1.29 is 23.5 Å². The van der Waals surface area contributed by atoms with Crippen LogP contribution in [-0.2, 0) is 9.59 Å². The Morgan fingerprint density at radius 3 is 2.50 bits per heavy atom. The van der Waals surface area contributed by atoms with Crippen LogP contribution in [0.5, 0.6) is 5.75 Å². The second kappa shape index (κ2) is 12.3. The van der Waals surface area contributed by atoms with E-state index in [4.69, 9.17) is 4.74 Å². The van der Waals surface area contributed by atoms with Crippen LogP contribution in [0, 0.1) is 5.82 Å². The molecule has 196 valence electrons. The molecular formula is C24H22FN7O4S2. The largest absolute Gasteiger partial charge is 0.490 e. The van der Waals surface area contributed by atoms with E-state index < -0.39 is 5.91 Å². The number of hydrogen-bond donors (Lipinski definition) is 3. The summed E-state index contributed by atoms with van der Waals surface area (Å²) in [4.78, 5) is 36.5. The second-order valence-corrected chi connectivity index (χ2v) is 9.82. The number of nitrogens with one attached hydrogen (secondary N) is 3. The first kappa shape index (κ1) is 26.8. The number of rotatable bonds is 10. The van der Waals surface area contributed by atoms with Gasteiger partial charge in [0, 0.05) is 18.3 Å². The fourth-order valence-corrected chi connectivity index (χ4v) is 4.73. The molecule has 0 unspecified atom stereocenters. The third-order valence-electron chi connectivity index (χ3n) is 4.71. The number of amides is 3. The summed E-state index contributed by atoms with van der Waals surface area (Å²) in [6.45, 7) is 3.49. The maximum absolute atomic E-state index is 13.3. The Labute approximate surface area is 224 Å². The number of hydrogen-bond acceptors (Lipinski definition) is 9. The minimum atomic E-state index is -0.557. The molecule has 0 spiro atoms. The minimum absolute atomic E-state index is 0.0291. The molecule has 38 heavy (non-hydrogen) atoms. The predicted molar refractivity (Wildman–Crippen MR) is 143 cm³/mol.